The highest BCUT2D eigenvalue weighted by atomic mass is 19.1. The number of amides is 2. The quantitative estimate of drug-likeness (QED) is 0.770. The Labute approximate surface area is 154 Å². The molecule has 1 aromatic rings. The number of carbonyl (C=O) groups is 2. The highest BCUT2D eigenvalue weighted by molar-refractivity contribution is 5.92. The summed E-state index contributed by atoms with van der Waals surface area (Å²) in [5.41, 5.74) is 0.589. The van der Waals surface area contributed by atoms with Crippen molar-refractivity contribution in [2.75, 3.05) is 44.6 Å². The van der Waals surface area contributed by atoms with Crippen molar-refractivity contribution < 1.29 is 14.0 Å². The molecule has 0 radical (unpaired) electrons. The molecule has 1 fully saturated rings. The Balaban J connectivity index is 1.68. The predicted octanol–water partition coefficient (Wildman–Crippen LogP) is 1.54. The van der Waals surface area contributed by atoms with Crippen LogP contribution in [-0.4, -0.2) is 66.9 Å². The Hall–Kier alpha value is -1.99. The van der Waals surface area contributed by atoms with Gasteiger partial charge in [-0.15, -0.1) is 0 Å². The predicted molar refractivity (Wildman–Crippen MR) is 100 cm³/mol. The molecule has 1 aliphatic rings. The molecule has 26 heavy (non-hydrogen) atoms. The SMILES string of the molecule is CC(C)[C@@H](C)NC(=O)CN1CCN(CC(=O)Nc2ccc(F)cc2)CC1. The van der Waals surface area contributed by atoms with Gasteiger partial charge < -0.3 is 10.6 Å². The van der Waals surface area contributed by atoms with E-state index in [0.717, 1.165) is 26.2 Å². The molecular weight excluding hydrogens is 335 g/mol. The van der Waals surface area contributed by atoms with Gasteiger partial charge in [-0.1, -0.05) is 13.8 Å². The van der Waals surface area contributed by atoms with Crippen molar-refractivity contribution in [2.45, 2.75) is 26.8 Å². The summed E-state index contributed by atoms with van der Waals surface area (Å²) in [4.78, 5) is 28.3. The van der Waals surface area contributed by atoms with Crippen LogP contribution in [0.2, 0.25) is 0 Å². The van der Waals surface area contributed by atoms with Gasteiger partial charge in [-0.05, 0) is 37.1 Å². The van der Waals surface area contributed by atoms with Crippen molar-refractivity contribution in [3.63, 3.8) is 0 Å². The number of hydrogen-bond acceptors (Lipinski definition) is 4. The standard InChI is InChI=1S/C19H29FN4O2/c1-14(2)15(3)21-18(25)12-23-8-10-24(11-9-23)13-19(26)22-17-6-4-16(20)5-7-17/h4-7,14-15H,8-13H2,1-3H3,(H,21,25)(H,22,26)/t15-/m1/s1. The number of rotatable bonds is 7. The Morgan fingerprint density at radius 1 is 0.962 bits per heavy atom. The van der Waals surface area contributed by atoms with Gasteiger partial charge in [0.15, 0.2) is 0 Å². The molecular formula is C19H29FN4O2. The minimum atomic E-state index is -0.328. The zero-order valence-corrected chi connectivity index (χ0v) is 15.8. The molecule has 7 heteroatoms. The lowest BCUT2D eigenvalue weighted by atomic mass is 10.1. The molecule has 0 unspecified atom stereocenters. The van der Waals surface area contributed by atoms with Gasteiger partial charge in [0, 0.05) is 37.9 Å². The fraction of sp³-hybridized carbons (Fsp3) is 0.579. The third-order valence-electron chi connectivity index (χ3n) is 4.72. The number of benzene rings is 1. The van der Waals surface area contributed by atoms with Gasteiger partial charge in [0.2, 0.25) is 11.8 Å². The maximum Gasteiger partial charge on any atom is 0.238 e. The zero-order chi connectivity index (χ0) is 19.1. The van der Waals surface area contributed by atoms with Crippen LogP contribution in [0.4, 0.5) is 10.1 Å². The van der Waals surface area contributed by atoms with Crippen LogP contribution in [-0.2, 0) is 9.59 Å². The van der Waals surface area contributed by atoms with Crippen molar-refractivity contribution in [1.29, 1.82) is 0 Å². The van der Waals surface area contributed by atoms with Gasteiger partial charge in [-0.3, -0.25) is 19.4 Å². The molecule has 0 saturated carbocycles. The van der Waals surface area contributed by atoms with Gasteiger partial charge in [0.1, 0.15) is 5.82 Å². The summed E-state index contributed by atoms with van der Waals surface area (Å²) in [5, 5.41) is 5.78. The molecule has 6 nitrogen and oxygen atoms in total. The van der Waals surface area contributed by atoms with E-state index < -0.39 is 0 Å². The van der Waals surface area contributed by atoms with Crippen LogP contribution < -0.4 is 10.6 Å². The minimum Gasteiger partial charge on any atom is -0.352 e. The molecule has 2 N–H and O–H groups in total. The summed E-state index contributed by atoms with van der Waals surface area (Å²) in [6, 6.07) is 5.89. The molecule has 2 rings (SSSR count). The average Bonchev–Trinajstić information content (AvgIpc) is 2.58. The number of nitrogens with one attached hydrogen (secondary N) is 2. The zero-order valence-electron chi connectivity index (χ0n) is 15.8. The van der Waals surface area contributed by atoms with Crippen LogP contribution in [0.5, 0.6) is 0 Å². The van der Waals surface area contributed by atoms with Crippen molar-refractivity contribution in [3.05, 3.63) is 30.1 Å². The fourth-order valence-electron chi connectivity index (χ4n) is 2.71. The fourth-order valence-corrected chi connectivity index (χ4v) is 2.71. The topological polar surface area (TPSA) is 64.7 Å². The van der Waals surface area contributed by atoms with Crippen LogP contribution in [0.15, 0.2) is 24.3 Å². The Morgan fingerprint density at radius 2 is 1.46 bits per heavy atom. The summed E-state index contributed by atoms with van der Waals surface area (Å²) in [5.74, 6) is 0.0172. The molecule has 1 saturated heterocycles. The van der Waals surface area contributed by atoms with E-state index in [0.29, 0.717) is 24.7 Å². The molecule has 144 valence electrons. The Morgan fingerprint density at radius 3 is 1.96 bits per heavy atom. The monoisotopic (exact) mass is 364 g/mol. The highest BCUT2D eigenvalue weighted by Crippen LogP contribution is 2.09. The summed E-state index contributed by atoms with van der Waals surface area (Å²) < 4.78 is 12.9. The van der Waals surface area contributed by atoms with E-state index in [-0.39, 0.29) is 23.7 Å². The van der Waals surface area contributed by atoms with Crippen molar-refractivity contribution >= 4 is 17.5 Å². The summed E-state index contributed by atoms with van der Waals surface area (Å²) in [6.07, 6.45) is 0. The molecule has 2 amide bonds. The van der Waals surface area contributed by atoms with E-state index in [1.165, 1.54) is 12.1 Å². The third-order valence-corrected chi connectivity index (χ3v) is 4.72. The van der Waals surface area contributed by atoms with E-state index in [4.69, 9.17) is 0 Å². The van der Waals surface area contributed by atoms with Crippen LogP contribution in [0.1, 0.15) is 20.8 Å². The van der Waals surface area contributed by atoms with E-state index in [9.17, 15) is 14.0 Å². The van der Waals surface area contributed by atoms with Crippen LogP contribution >= 0.6 is 0 Å². The smallest absolute Gasteiger partial charge is 0.238 e. The van der Waals surface area contributed by atoms with E-state index in [2.05, 4.69) is 34.3 Å². The maximum absolute atomic E-state index is 12.9. The van der Waals surface area contributed by atoms with Crippen molar-refractivity contribution in [3.8, 4) is 0 Å². The molecule has 1 aromatic carbocycles. The highest BCUT2D eigenvalue weighted by Gasteiger charge is 2.21. The molecule has 1 atom stereocenters. The second kappa shape index (κ2) is 9.64. The second-order valence-corrected chi connectivity index (χ2v) is 7.21. The van der Waals surface area contributed by atoms with Gasteiger partial charge in [-0.25, -0.2) is 4.39 Å². The first-order chi connectivity index (χ1) is 12.3. The lowest BCUT2D eigenvalue weighted by molar-refractivity contribution is -0.124. The average molecular weight is 364 g/mol. The number of nitrogens with zero attached hydrogens (tertiary/aromatic N) is 2. The molecule has 1 aliphatic heterocycles. The largest absolute Gasteiger partial charge is 0.352 e. The minimum absolute atomic E-state index is 0.0497. The van der Waals surface area contributed by atoms with Gasteiger partial charge in [0.25, 0.3) is 0 Å². The molecule has 0 aromatic heterocycles. The van der Waals surface area contributed by atoms with E-state index >= 15 is 0 Å². The molecule has 1 heterocycles. The van der Waals surface area contributed by atoms with E-state index in [1.807, 2.05) is 6.92 Å². The number of anilines is 1. The summed E-state index contributed by atoms with van der Waals surface area (Å²) in [7, 11) is 0. The van der Waals surface area contributed by atoms with Crippen molar-refractivity contribution in [2.24, 2.45) is 5.92 Å². The lowest BCUT2D eigenvalue weighted by Crippen LogP contribution is -2.51. The van der Waals surface area contributed by atoms with E-state index in [1.54, 1.807) is 12.1 Å². The summed E-state index contributed by atoms with van der Waals surface area (Å²) in [6.45, 7) is 9.87. The van der Waals surface area contributed by atoms with Crippen LogP contribution in [0.3, 0.4) is 0 Å². The van der Waals surface area contributed by atoms with Crippen LogP contribution in [0, 0.1) is 11.7 Å². The first-order valence-corrected chi connectivity index (χ1v) is 9.13. The summed E-state index contributed by atoms with van der Waals surface area (Å²) >= 11 is 0. The Kier molecular flexibility index (Phi) is 7.53. The number of carbonyl (C=O) groups excluding carboxylic acids is 2. The van der Waals surface area contributed by atoms with Crippen molar-refractivity contribution in [1.82, 2.24) is 15.1 Å². The molecule has 0 bridgehead atoms. The molecule has 0 aliphatic carbocycles. The second-order valence-electron chi connectivity index (χ2n) is 7.21. The van der Waals surface area contributed by atoms with Gasteiger partial charge in [-0.2, -0.15) is 0 Å². The normalized spacial score (nSPS) is 17.1. The Bertz CT molecular complexity index is 598. The third kappa shape index (κ3) is 6.72. The molecule has 0 spiro atoms. The maximum atomic E-state index is 12.9. The van der Waals surface area contributed by atoms with Gasteiger partial charge in [0.05, 0.1) is 13.1 Å². The first kappa shape index (κ1) is 20.3. The first-order valence-electron chi connectivity index (χ1n) is 9.13. The lowest BCUT2D eigenvalue weighted by Gasteiger charge is -2.34. The number of halogens is 1. The van der Waals surface area contributed by atoms with Gasteiger partial charge >= 0.3 is 0 Å². The van der Waals surface area contributed by atoms with Crippen LogP contribution in [0.25, 0.3) is 0 Å². The number of hydrogen-bond donors (Lipinski definition) is 2. The number of piperazine rings is 1.